The second-order valence-electron chi connectivity index (χ2n) is 9.55. The van der Waals surface area contributed by atoms with Crippen molar-refractivity contribution in [3.05, 3.63) is 35.9 Å². The monoisotopic (exact) mass is 556 g/mol. The molecule has 3 heterocycles. The maximum Gasteiger partial charge on any atom is 0.369 e. The maximum absolute atomic E-state index is 12.6. The Kier molecular flexibility index (Phi) is 7.59. The number of nitrogens with one attached hydrogen (secondary N) is 3. The largest absolute Gasteiger partial charge is 0.494 e. The third-order valence-corrected chi connectivity index (χ3v) is 6.29. The SMILES string of the molecule is COc1c(Nc2cc(NC(=O)C3CC3)nnc2C(=O)NC(O)(O)O)cccc1-c1noc(CN2CCC(O)C2)n1. The van der Waals surface area contributed by atoms with Crippen LogP contribution < -0.4 is 20.7 Å². The topological polar surface area (TPSA) is 228 Å². The first kappa shape index (κ1) is 27.4. The van der Waals surface area contributed by atoms with Gasteiger partial charge in [0, 0.05) is 25.1 Å². The van der Waals surface area contributed by atoms with Crippen molar-refractivity contribution in [3.63, 3.8) is 0 Å². The summed E-state index contributed by atoms with van der Waals surface area (Å²) in [5, 5.41) is 56.3. The minimum absolute atomic E-state index is 0.000288. The molecule has 1 saturated heterocycles. The highest BCUT2D eigenvalue weighted by Crippen LogP contribution is 2.37. The van der Waals surface area contributed by atoms with E-state index in [-0.39, 0.29) is 41.0 Å². The van der Waals surface area contributed by atoms with Crippen molar-refractivity contribution in [1.29, 1.82) is 0 Å². The van der Waals surface area contributed by atoms with Gasteiger partial charge in [0.05, 0.1) is 36.7 Å². The van der Waals surface area contributed by atoms with Crippen LogP contribution in [-0.2, 0) is 11.3 Å². The molecule has 212 valence electrons. The Morgan fingerprint density at radius 1 is 1.18 bits per heavy atom. The number of hydrogen-bond acceptors (Lipinski definition) is 14. The van der Waals surface area contributed by atoms with Crippen molar-refractivity contribution in [1.82, 2.24) is 30.6 Å². The lowest BCUT2D eigenvalue weighted by Crippen LogP contribution is -2.48. The highest BCUT2D eigenvalue weighted by Gasteiger charge is 2.31. The molecule has 1 saturated carbocycles. The Labute approximate surface area is 227 Å². The third kappa shape index (κ3) is 6.49. The van der Waals surface area contributed by atoms with Crippen LogP contribution >= 0.6 is 0 Å². The molecule has 0 spiro atoms. The van der Waals surface area contributed by atoms with Crippen LogP contribution in [0.5, 0.6) is 5.75 Å². The summed E-state index contributed by atoms with van der Waals surface area (Å²) in [6.07, 6.45) is -1.69. The number of para-hydroxylation sites is 1. The van der Waals surface area contributed by atoms with Crippen LogP contribution in [0, 0.1) is 5.92 Å². The van der Waals surface area contributed by atoms with Crippen molar-refractivity contribution in [2.45, 2.75) is 38.0 Å². The molecule has 40 heavy (non-hydrogen) atoms. The quantitative estimate of drug-likeness (QED) is 0.156. The third-order valence-electron chi connectivity index (χ3n) is 6.29. The van der Waals surface area contributed by atoms with E-state index < -0.39 is 17.7 Å². The lowest BCUT2D eigenvalue weighted by molar-refractivity contribution is -0.323. The fourth-order valence-corrected chi connectivity index (χ4v) is 4.25. The molecular formula is C24H28N8O8. The summed E-state index contributed by atoms with van der Waals surface area (Å²) >= 11 is 0. The zero-order chi connectivity index (χ0) is 28.4. The Hall–Kier alpha value is -4.22. The number of methoxy groups -OCH3 is 1. The maximum atomic E-state index is 12.6. The van der Waals surface area contributed by atoms with Gasteiger partial charge in [-0.05, 0) is 31.4 Å². The Balaban J connectivity index is 1.44. The molecule has 2 aromatic heterocycles. The molecule has 16 nitrogen and oxygen atoms in total. The average Bonchev–Trinajstić information content (AvgIpc) is 3.52. The molecule has 2 aliphatic rings. The number of ether oxygens (including phenoxy) is 1. The summed E-state index contributed by atoms with van der Waals surface area (Å²) in [6, 6.07) is 6.35. The van der Waals surface area contributed by atoms with Crippen LogP contribution in [0.2, 0.25) is 0 Å². The summed E-state index contributed by atoms with van der Waals surface area (Å²) < 4.78 is 11.0. The molecule has 2 amide bonds. The second-order valence-corrected chi connectivity index (χ2v) is 9.55. The van der Waals surface area contributed by atoms with Crippen LogP contribution in [0.1, 0.15) is 35.6 Å². The molecule has 1 aliphatic heterocycles. The van der Waals surface area contributed by atoms with Crippen molar-refractivity contribution in [3.8, 4) is 17.1 Å². The molecule has 16 heteroatoms. The number of amides is 2. The number of rotatable bonds is 10. The predicted octanol–water partition coefficient (Wildman–Crippen LogP) is -0.488. The number of benzene rings is 1. The van der Waals surface area contributed by atoms with Crippen molar-refractivity contribution in [2.24, 2.45) is 5.92 Å². The molecule has 3 aromatic rings. The molecule has 7 N–H and O–H groups in total. The van der Waals surface area contributed by atoms with E-state index in [0.29, 0.717) is 43.2 Å². The number of aliphatic hydroxyl groups excluding tert-OH is 1. The minimum Gasteiger partial charge on any atom is -0.494 e. The second kappa shape index (κ2) is 11.1. The smallest absolute Gasteiger partial charge is 0.369 e. The molecular weight excluding hydrogens is 528 g/mol. The number of nitrogens with zero attached hydrogens (tertiary/aromatic N) is 5. The minimum atomic E-state index is -3.50. The van der Waals surface area contributed by atoms with Crippen LogP contribution in [0.3, 0.4) is 0 Å². The van der Waals surface area contributed by atoms with Gasteiger partial charge in [0.25, 0.3) is 5.91 Å². The first-order valence-corrected chi connectivity index (χ1v) is 12.4. The van der Waals surface area contributed by atoms with E-state index in [0.717, 1.165) is 12.8 Å². The summed E-state index contributed by atoms with van der Waals surface area (Å²) in [7, 11) is 1.42. The number of aromatic nitrogens is 4. The van der Waals surface area contributed by atoms with Gasteiger partial charge in [-0.15, -0.1) is 10.2 Å². The van der Waals surface area contributed by atoms with E-state index in [1.165, 1.54) is 13.2 Å². The Bertz CT molecular complexity index is 1400. The fourth-order valence-electron chi connectivity index (χ4n) is 4.25. The van der Waals surface area contributed by atoms with Gasteiger partial charge >= 0.3 is 6.10 Å². The van der Waals surface area contributed by atoms with E-state index in [9.17, 15) is 30.0 Å². The first-order valence-electron chi connectivity index (χ1n) is 12.4. The van der Waals surface area contributed by atoms with E-state index in [1.54, 1.807) is 23.5 Å². The predicted molar refractivity (Wildman–Crippen MR) is 136 cm³/mol. The zero-order valence-electron chi connectivity index (χ0n) is 21.4. The van der Waals surface area contributed by atoms with Crippen LogP contribution in [0.15, 0.2) is 28.8 Å². The van der Waals surface area contributed by atoms with Crippen molar-refractivity contribution >= 4 is 29.0 Å². The van der Waals surface area contributed by atoms with E-state index in [4.69, 9.17) is 9.26 Å². The molecule has 0 bridgehead atoms. The normalized spacial score (nSPS) is 17.5. The standard InChI is InChI=1S/C24H28N8O8/c1-39-20-14(21-27-18(40-31-21)11-32-8-7-13(33)10-32)3-2-4-15(20)25-16-9-17(26-22(34)12-5-6-12)29-30-19(16)23(35)28-24(36,37)38/h2-4,9,12-13,33,36-38H,5-8,10-11H2,1H3,(H,28,35)(H2,25,26,29,34). The number of hydrogen-bond donors (Lipinski definition) is 7. The van der Waals surface area contributed by atoms with Gasteiger partial charge in [-0.1, -0.05) is 11.2 Å². The highest BCUT2D eigenvalue weighted by molar-refractivity contribution is 6.00. The molecule has 1 aromatic carbocycles. The van der Waals surface area contributed by atoms with Gasteiger partial charge in [-0.2, -0.15) is 4.98 Å². The van der Waals surface area contributed by atoms with E-state index >= 15 is 0 Å². The van der Waals surface area contributed by atoms with Gasteiger partial charge in [-0.3, -0.25) is 19.8 Å². The lowest BCUT2D eigenvalue weighted by Gasteiger charge is -2.18. The lowest BCUT2D eigenvalue weighted by atomic mass is 10.1. The number of likely N-dealkylation sites (tertiary alicyclic amines) is 1. The van der Waals surface area contributed by atoms with Crippen molar-refractivity contribution in [2.75, 3.05) is 30.8 Å². The number of aliphatic hydroxyl groups is 4. The molecule has 1 atom stereocenters. The van der Waals surface area contributed by atoms with Crippen LogP contribution in [-0.4, -0.2) is 89.9 Å². The van der Waals surface area contributed by atoms with Crippen molar-refractivity contribution < 1.29 is 39.3 Å². The first-order chi connectivity index (χ1) is 19.1. The molecule has 0 radical (unpaired) electrons. The molecule has 2 fully saturated rings. The van der Waals surface area contributed by atoms with Crippen LogP contribution in [0.4, 0.5) is 17.2 Å². The summed E-state index contributed by atoms with van der Waals surface area (Å²) in [4.78, 5) is 31.3. The number of β-amino-alcohol motifs (C(OH)–C–C–N with tert-alkyl or cyclic N) is 1. The fraction of sp³-hybridized carbons (Fsp3) is 0.417. The molecule has 5 rings (SSSR count). The van der Waals surface area contributed by atoms with E-state index in [2.05, 4.69) is 31.0 Å². The molecule has 1 unspecified atom stereocenters. The molecule has 1 aliphatic carbocycles. The summed E-state index contributed by atoms with van der Waals surface area (Å²) in [6.45, 7) is 1.61. The average molecular weight is 557 g/mol. The summed E-state index contributed by atoms with van der Waals surface area (Å²) in [5.41, 5.74) is 0.367. The van der Waals surface area contributed by atoms with Gasteiger partial charge in [0.2, 0.25) is 17.6 Å². The zero-order valence-corrected chi connectivity index (χ0v) is 21.4. The highest BCUT2D eigenvalue weighted by atomic mass is 16.7. The van der Waals surface area contributed by atoms with Gasteiger partial charge in [-0.25, -0.2) is 0 Å². The summed E-state index contributed by atoms with van der Waals surface area (Å²) in [5.74, 6) is -0.612. The van der Waals surface area contributed by atoms with Gasteiger partial charge < -0.3 is 40.3 Å². The number of carbonyl (C=O) groups is 2. The number of carbonyl (C=O) groups excluding carboxylic acids is 2. The van der Waals surface area contributed by atoms with Crippen LogP contribution in [0.25, 0.3) is 11.4 Å². The Morgan fingerprint density at radius 2 is 1.98 bits per heavy atom. The van der Waals surface area contributed by atoms with E-state index in [1.807, 2.05) is 4.90 Å². The number of anilines is 3. The van der Waals surface area contributed by atoms with Gasteiger partial charge in [0.1, 0.15) is 0 Å². The van der Waals surface area contributed by atoms with Gasteiger partial charge in [0.15, 0.2) is 17.3 Å². The Morgan fingerprint density at radius 3 is 2.65 bits per heavy atom.